The summed E-state index contributed by atoms with van der Waals surface area (Å²) in [6, 6.07) is 5.24. The molecule has 0 bridgehead atoms. The van der Waals surface area contributed by atoms with Gasteiger partial charge in [0, 0.05) is 32.3 Å². The first-order chi connectivity index (χ1) is 14.8. The van der Waals surface area contributed by atoms with E-state index in [1.54, 1.807) is 19.2 Å². The summed E-state index contributed by atoms with van der Waals surface area (Å²) in [6.45, 7) is 8.09. The van der Waals surface area contributed by atoms with Gasteiger partial charge in [0.1, 0.15) is 5.75 Å². The first-order valence-electron chi connectivity index (χ1n) is 10.8. The third-order valence-electron chi connectivity index (χ3n) is 5.24. The number of aliphatic imine (C=N–C) groups is 1. The van der Waals surface area contributed by atoms with Gasteiger partial charge >= 0.3 is 6.18 Å². The molecule has 10 heteroatoms. The van der Waals surface area contributed by atoms with Crippen molar-refractivity contribution < 1.29 is 22.6 Å². The predicted molar refractivity (Wildman–Crippen MR) is 132 cm³/mol. The molecule has 0 atom stereocenters. The fourth-order valence-electron chi connectivity index (χ4n) is 3.47. The predicted octanol–water partition coefficient (Wildman–Crippen LogP) is 3.97. The van der Waals surface area contributed by atoms with Gasteiger partial charge in [0.15, 0.2) is 12.6 Å². The van der Waals surface area contributed by atoms with E-state index in [-0.39, 0.29) is 36.3 Å². The summed E-state index contributed by atoms with van der Waals surface area (Å²) in [5.74, 6) is 1.44. The Hall–Kier alpha value is -1.27. The SMILES string of the molecule is CCNC(=NCc1ccc(C)cc1OCC(F)(F)F)NCC1CCN(CCOC)CC1.I. The van der Waals surface area contributed by atoms with Gasteiger partial charge in [-0.3, -0.25) is 0 Å². The van der Waals surface area contributed by atoms with Gasteiger partial charge in [-0.15, -0.1) is 24.0 Å². The molecule has 0 aromatic heterocycles. The Kier molecular flexibility index (Phi) is 13.3. The lowest BCUT2D eigenvalue weighted by Crippen LogP contribution is -2.43. The summed E-state index contributed by atoms with van der Waals surface area (Å²) in [6.07, 6.45) is -2.15. The summed E-state index contributed by atoms with van der Waals surface area (Å²) in [7, 11) is 1.72. The number of benzene rings is 1. The van der Waals surface area contributed by atoms with Gasteiger partial charge in [0.25, 0.3) is 0 Å². The minimum Gasteiger partial charge on any atom is -0.484 e. The Labute approximate surface area is 206 Å². The standard InChI is InChI=1S/C22H35F3N4O2.HI/c1-4-26-21(27-14-18-7-9-29(10-8-18)11-12-30-3)28-15-19-6-5-17(2)13-20(19)31-16-22(23,24)25;/h5-6,13,18H,4,7-12,14-16H2,1-3H3,(H2,26,27,28);1H. The number of aryl methyl sites for hydroxylation is 1. The topological polar surface area (TPSA) is 58.1 Å². The molecule has 1 aromatic rings. The van der Waals surface area contributed by atoms with Crippen LogP contribution in [0, 0.1) is 12.8 Å². The molecule has 2 rings (SSSR count). The molecule has 1 fully saturated rings. The summed E-state index contributed by atoms with van der Waals surface area (Å²) >= 11 is 0. The highest BCUT2D eigenvalue weighted by atomic mass is 127. The minimum absolute atomic E-state index is 0. The maximum atomic E-state index is 12.6. The molecule has 1 aromatic carbocycles. The van der Waals surface area contributed by atoms with E-state index in [4.69, 9.17) is 9.47 Å². The fraction of sp³-hybridized carbons (Fsp3) is 0.682. The molecule has 0 saturated carbocycles. The minimum atomic E-state index is -4.38. The van der Waals surface area contributed by atoms with Crippen LogP contribution < -0.4 is 15.4 Å². The number of rotatable bonds is 10. The largest absolute Gasteiger partial charge is 0.484 e. The molecule has 6 nitrogen and oxygen atoms in total. The molecule has 0 amide bonds. The number of piperidine rings is 1. The van der Waals surface area contributed by atoms with Crippen LogP contribution >= 0.6 is 24.0 Å². The van der Waals surface area contributed by atoms with Gasteiger partial charge in [-0.25, -0.2) is 4.99 Å². The van der Waals surface area contributed by atoms with Crippen molar-refractivity contribution in [3.8, 4) is 5.75 Å². The molecule has 184 valence electrons. The van der Waals surface area contributed by atoms with Crippen LogP contribution in [0.1, 0.15) is 30.9 Å². The summed E-state index contributed by atoms with van der Waals surface area (Å²) in [4.78, 5) is 6.98. The number of nitrogens with one attached hydrogen (secondary N) is 2. The van der Waals surface area contributed by atoms with Crippen LogP contribution in [-0.4, -0.2) is 70.1 Å². The normalized spacial score (nSPS) is 15.9. The van der Waals surface area contributed by atoms with Crippen LogP contribution in [0.3, 0.4) is 0 Å². The van der Waals surface area contributed by atoms with Gasteiger partial charge in [0.05, 0.1) is 13.2 Å². The van der Waals surface area contributed by atoms with Crippen LogP contribution in [0.5, 0.6) is 5.75 Å². The Bertz CT molecular complexity index is 696. The molecule has 0 radical (unpaired) electrons. The maximum absolute atomic E-state index is 12.6. The highest BCUT2D eigenvalue weighted by molar-refractivity contribution is 14.0. The van der Waals surface area contributed by atoms with Crippen LogP contribution in [0.4, 0.5) is 13.2 Å². The van der Waals surface area contributed by atoms with Crippen LogP contribution in [0.15, 0.2) is 23.2 Å². The monoisotopic (exact) mass is 572 g/mol. The van der Waals surface area contributed by atoms with Crippen molar-refractivity contribution in [1.29, 1.82) is 0 Å². The van der Waals surface area contributed by atoms with E-state index in [0.717, 1.165) is 51.2 Å². The van der Waals surface area contributed by atoms with Gasteiger partial charge in [-0.1, -0.05) is 12.1 Å². The van der Waals surface area contributed by atoms with Crippen molar-refractivity contribution in [1.82, 2.24) is 15.5 Å². The molecule has 0 aliphatic carbocycles. The molecular formula is C22H36F3IN4O2. The highest BCUT2D eigenvalue weighted by Crippen LogP contribution is 2.24. The zero-order valence-electron chi connectivity index (χ0n) is 19.1. The number of hydrogen-bond donors (Lipinski definition) is 2. The van der Waals surface area contributed by atoms with Crippen LogP contribution in [-0.2, 0) is 11.3 Å². The number of halogens is 4. The molecule has 0 unspecified atom stereocenters. The Balaban J connectivity index is 0.00000512. The lowest BCUT2D eigenvalue weighted by molar-refractivity contribution is -0.153. The summed E-state index contributed by atoms with van der Waals surface area (Å²) in [5, 5.41) is 6.59. The number of guanidine groups is 1. The number of alkyl halides is 3. The average Bonchev–Trinajstić information content (AvgIpc) is 2.74. The van der Waals surface area contributed by atoms with Gasteiger partial charge < -0.3 is 25.0 Å². The van der Waals surface area contributed by atoms with E-state index >= 15 is 0 Å². The third kappa shape index (κ3) is 11.0. The molecule has 2 N–H and O–H groups in total. The Morgan fingerprint density at radius 3 is 2.56 bits per heavy atom. The van der Waals surface area contributed by atoms with Crippen molar-refractivity contribution in [2.75, 3.05) is 53.0 Å². The van der Waals surface area contributed by atoms with Crippen LogP contribution in [0.2, 0.25) is 0 Å². The smallest absolute Gasteiger partial charge is 0.422 e. The summed E-state index contributed by atoms with van der Waals surface area (Å²) < 4.78 is 47.9. The van der Waals surface area contributed by atoms with Gasteiger partial charge in [-0.2, -0.15) is 13.2 Å². The van der Waals surface area contributed by atoms with Crippen molar-refractivity contribution in [2.45, 2.75) is 39.4 Å². The van der Waals surface area contributed by atoms with Crippen molar-refractivity contribution in [3.05, 3.63) is 29.3 Å². The van der Waals surface area contributed by atoms with E-state index in [1.807, 2.05) is 19.9 Å². The number of likely N-dealkylation sites (tertiary alicyclic amines) is 1. The number of methoxy groups -OCH3 is 1. The molecule has 1 aliphatic rings. The fourth-order valence-corrected chi connectivity index (χ4v) is 3.47. The first kappa shape index (κ1) is 28.8. The third-order valence-corrected chi connectivity index (χ3v) is 5.24. The van der Waals surface area contributed by atoms with Crippen molar-refractivity contribution >= 4 is 29.9 Å². The first-order valence-corrected chi connectivity index (χ1v) is 10.8. The number of nitrogens with zero attached hydrogens (tertiary/aromatic N) is 2. The highest BCUT2D eigenvalue weighted by Gasteiger charge is 2.28. The molecule has 0 spiro atoms. The molecule has 32 heavy (non-hydrogen) atoms. The van der Waals surface area contributed by atoms with Crippen LogP contribution in [0.25, 0.3) is 0 Å². The Morgan fingerprint density at radius 1 is 1.22 bits per heavy atom. The van der Waals surface area contributed by atoms with E-state index in [0.29, 0.717) is 24.0 Å². The van der Waals surface area contributed by atoms with E-state index in [9.17, 15) is 13.2 Å². The van der Waals surface area contributed by atoms with E-state index < -0.39 is 12.8 Å². The number of ether oxygens (including phenoxy) is 2. The van der Waals surface area contributed by atoms with Crippen molar-refractivity contribution in [3.63, 3.8) is 0 Å². The molecule has 1 saturated heterocycles. The van der Waals surface area contributed by atoms with E-state index in [2.05, 4.69) is 20.5 Å². The second-order valence-electron chi connectivity index (χ2n) is 7.87. The van der Waals surface area contributed by atoms with E-state index in [1.165, 1.54) is 0 Å². The molecule has 1 aliphatic heterocycles. The lowest BCUT2D eigenvalue weighted by atomic mass is 9.97. The van der Waals surface area contributed by atoms with Gasteiger partial charge in [-0.05, 0) is 57.3 Å². The molecule has 1 heterocycles. The second-order valence-corrected chi connectivity index (χ2v) is 7.87. The summed E-state index contributed by atoms with van der Waals surface area (Å²) in [5.41, 5.74) is 1.46. The zero-order chi connectivity index (χ0) is 22.7. The number of hydrogen-bond acceptors (Lipinski definition) is 4. The zero-order valence-corrected chi connectivity index (χ0v) is 21.5. The maximum Gasteiger partial charge on any atom is 0.422 e. The second kappa shape index (κ2) is 14.8. The average molecular weight is 572 g/mol. The Morgan fingerprint density at radius 2 is 1.94 bits per heavy atom. The van der Waals surface area contributed by atoms with Crippen molar-refractivity contribution in [2.24, 2.45) is 10.9 Å². The quantitative estimate of drug-likeness (QED) is 0.253. The van der Waals surface area contributed by atoms with Gasteiger partial charge in [0.2, 0.25) is 0 Å². The lowest BCUT2D eigenvalue weighted by Gasteiger charge is -2.32. The molecular weight excluding hydrogens is 536 g/mol.